The topological polar surface area (TPSA) is 67.4 Å². The van der Waals surface area contributed by atoms with E-state index in [9.17, 15) is 8.42 Å². The van der Waals surface area contributed by atoms with Gasteiger partial charge in [0, 0.05) is 26.3 Å². The van der Waals surface area contributed by atoms with E-state index in [1.165, 1.54) is 12.8 Å². The number of hydrogen-bond acceptors (Lipinski definition) is 4. The molecule has 6 heteroatoms. The maximum Gasteiger partial charge on any atom is 0.211 e. The Balaban J connectivity index is 1.98. The van der Waals surface area contributed by atoms with Crippen molar-refractivity contribution in [2.45, 2.75) is 31.7 Å². The molecule has 0 aromatic carbocycles. The quantitative estimate of drug-likeness (QED) is 0.539. The molecule has 0 saturated heterocycles. The van der Waals surface area contributed by atoms with Gasteiger partial charge in [-0.1, -0.05) is 0 Å². The Morgan fingerprint density at radius 3 is 2.62 bits per heavy atom. The minimum Gasteiger partial charge on any atom is -0.385 e. The van der Waals surface area contributed by atoms with E-state index in [4.69, 9.17) is 4.74 Å². The lowest BCUT2D eigenvalue weighted by molar-refractivity contribution is 0.196. The number of hydrogen-bond donors (Lipinski definition) is 2. The SMILES string of the molecule is COCCCNS(=O)(=O)CCCNC1CC1. The van der Waals surface area contributed by atoms with E-state index in [1.807, 2.05) is 0 Å². The summed E-state index contributed by atoms with van der Waals surface area (Å²) in [6.45, 7) is 1.85. The molecule has 2 N–H and O–H groups in total. The first-order valence-corrected chi connectivity index (χ1v) is 7.49. The van der Waals surface area contributed by atoms with Crippen LogP contribution in [-0.4, -0.2) is 47.0 Å². The zero-order valence-electron chi connectivity index (χ0n) is 9.87. The lowest BCUT2D eigenvalue weighted by Gasteiger charge is -2.06. The van der Waals surface area contributed by atoms with Gasteiger partial charge in [0.2, 0.25) is 10.0 Å². The summed E-state index contributed by atoms with van der Waals surface area (Å²) >= 11 is 0. The first-order valence-electron chi connectivity index (χ1n) is 5.84. The number of sulfonamides is 1. The van der Waals surface area contributed by atoms with Crippen LogP contribution in [0.5, 0.6) is 0 Å². The van der Waals surface area contributed by atoms with Gasteiger partial charge in [-0.05, 0) is 32.2 Å². The second kappa shape index (κ2) is 7.21. The summed E-state index contributed by atoms with van der Waals surface area (Å²) in [5.41, 5.74) is 0. The monoisotopic (exact) mass is 250 g/mol. The molecule has 16 heavy (non-hydrogen) atoms. The molecule has 1 aliphatic carbocycles. The largest absolute Gasteiger partial charge is 0.385 e. The molecular weight excluding hydrogens is 228 g/mol. The van der Waals surface area contributed by atoms with Crippen LogP contribution < -0.4 is 10.0 Å². The van der Waals surface area contributed by atoms with E-state index in [1.54, 1.807) is 7.11 Å². The van der Waals surface area contributed by atoms with Crippen LogP contribution in [0.25, 0.3) is 0 Å². The molecule has 0 heterocycles. The summed E-state index contributed by atoms with van der Waals surface area (Å²) in [6, 6.07) is 0.650. The summed E-state index contributed by atoms with van der Waals surface area (Å²) in [5, 5.41) is 3.29. The average molecular weight is 250 g/mol. The predicted octanol–water partition coefficient (Wildman–Crippen LogP) is 0.0844. The highest BCUT2D eigenvalue weighted by Gasteiger charge is 2.20. The Morgan fingerprint density at radius 1 is 1.25 bits per heavy atom. The molecule has 1 aliphatic rings. The predicted molar refractivity (Wildman–Crippen MR) is 63.9 cm³/mol. The molecule has 96 valence electrons. The van der Waals surface area contributed by atoms with E-state index in [2.05, 4.69) is 10.0 Å². The van der Waals surface area contributed by atoms with Gasteiger partial charge in [0.15, 0.2) is 0 Å². The molecule has 0 aromatic heterocycles. The van der Waals surface area contributed by atoms with Crippen LogP contribution in [0.15, 0.2) is 0 Å². The van der Waals surface area contributed by atoms with Gasteiger partial charge in [0.1, 0.15) is 0 Å². The van der Waals surface area contributed by atoms with Crippen LogP contribution >= 0.6 is 0 Å². The van der Waals surface area contributed by atoms with Crippen molar-refractivity contribution >= 4 is 10.0 Å². The third kappa shape index (κ3) is 7.16. The summed E-state index contributed by atoms with van der Waals surface area (Å²) in [7, 11) is -1.48. The second-order valence-corrected chi connectivity index (χ2v) is 6.07. The van der Waals surface area contributed by atoms with Crippen molar-refractivity contribution in [2.75, 3.05) is 32.6 Å². The third-order valence-electron chi connectivity index (χ3n) is 2.45. The Labute approximate surface area is 98.0 Å². The van der Waals surface area contributed by atoms with Gasteiger partial charge in [0.25, 0.3) is 0 Å². The first kappa shape index (κ1) is 13.9. The van der Waals surface area contributed by atoms with E-state index < -0.39 is 10.0 Å². The molecule has 0 amide bonds. The summed E-state index contributed by atoms with van der Waals surface area (Å²) in [4.78, 5) is 0. The van der Waals surface area contributed by atoms with Gasteiger partial charge >= 0.3 is 0 Å². The molecule has 0 aromatic rings. The van der Waals surface area contributed by atoms with Gasteiger partial charge in [-0.2, -0.15) is 0 Å². The van der Waals surface area contributed by atoms with Crippen LogP contribution in [0.2, 0.25) is 0 Å². The van der Waals surface area contributed by atoms with Crippen LogP contribution in [0, 0.1) is 0 Å². The summed E-state index contributed by atoms with van der Waals surface area (Å²) in [6.07, 6.45) is 3.87. The molecule has 0 atom stereocenters. The molecular formula is C10H22N2O3S. The minimum atomic E-state index is -3.09. The number of nitrogens with one attached hydrogen (secondary N) is 2. The molecule has 0 unspecified atom stereocenters. The van der Waals surface area contributed by atoms with E-state index in [0.717, 1.165) is 13.0 Å². The van der Waals surface area contributed by atoms with Crippen molar-refractivity contribution in [1.29, 1.82) is 0 Å². The fourth-order valence-corrected chi connectivity index (χ4v) is 2.50. The van der Waals surface area contributed by atoms with E-state index in [-0.39, 0.29) is 5.75 Å². The van der Waals surface area contributed by atoms with Gasteiger partial charge < -0.3 is 10.1 Å². The highest BCUT2D eigenvalue weighted by Crippen LogP contribution is 2.18. The molecule has 0 bridgehead atoms. The van der Waals surface area contributed by atoms with Crippen LogP contribution in [0.4, 0.5) is 0 Å². The Morgan fingerprint density at radius 2 is 2.00 bits per heavy atom. The normalized spacial score (nSPS) is 16.6. The molecule has 0 radical (unpaired) electrons. The molecule has 0 aliphatic heterocycles. The smallest absolute Gasteiger partial charge is 0.211 e. The number of ether oxygens (including phenoxy) is 1. The highest BCUT2D eigenvalue weighted by molar-refractivity contribution is 7.89. The molecule has 1 rings (SSSR count). The molecule has 0 spiro atoms. The van der Waals surface area contributed by atoms with Crippen LogP contribution in [0.3, 0.4) is 0 Å². The fourth-order valence-electron chi connectivity index (χ4n) is 1.37. The maximum atomic E-state index is 11.5. The fraction of sp³-hybridized carbons (Fsp3) is 1.00. The van der Waals surface area contributed by atoms with Crippen molar-refractivity contribution in [3.8, 4) is 0 Å². The van der Waals surface area contributed by atoms with Crippen LogP contribution in [0.1, 0.15) is 25.7 Å². The van der Waals surface area contributed by atoms with Crippen molar-refractivity contribution in [3.05, 3.63) is 0 Å². The first-order chi connectivity index (χ1) is 7.64. The Bertz CT molecular complexity index is 276. The summed E-state index contributed by atoms with van der Waals surface area (Å²) < 4.78 is 30.4. The third-order valence-corrected chi connectivity index (χ3v) is 3.92. The lowest BCUT2D eigenvalue weighted by Crippen LogP contribution is -2.29. The van der Waals surface area contributed by atoms with Gasteiger partial charge in [-0.3, -0.25) is 0 Å². The van der Waals surface area contributed by atoms with Crippen molar-refractivity contribution in [3.63, 3.8) is 0 Å². The summed E-state index contributed by atoms with van der Waals surface area (Å²) in [5.74, 6) is 0.208. The van der Waals surface area contributed by atoms with Crippen molar-refractivity contribution in [2.24, 2.45) is 0 Å². The zero-order valence-corrected chi connectivity index (χ0v) is 10.7. The molecule has 1 fully saturated rings. The van der Waals surface area contributed by atoms with Crippen LogP contribution in [-0.2, 0) is 14.8 Å². The zero-order chi connectivity index (χ0) is 11.9. The van der Waals surface area contributed by atoms with Gasteiger partial charge in [-0.25, -0.2) is 13.1 Å². The van der Waals surface area contributed by atoms with E-state index >= 15 is 0 Å². The standard InChI is InChI=1S/C10H22N2O3S/c1-15-8-2-7-12-16(13,14)9-3-6-11-10-4-5-10/h10-12H,2-9H2,1H3. The highest BCUT2D eigenvalue weighted by atomic mass is 32.2. The number of rotatable bonds is 10. The van der Waals surface area contributed by atoms with Crippen molar-refractivity contribution in [1.82, 2.24) is 10.0 Å². The van der Waals surface area contributed by atoms with Gasteiger partial charge in [-0.15, -0.1) is 0 Å². The number of methoxy groups -OCH3 is 1. The lowest BCUT2D eigenvalue weighted by atomic mass is 10.5. The Kier molecular flexibility index (Phi) is 6.26. The maximum absolute atomic E-state index is 11.5. The second-order valence-electron chi connectivity index (χ2n) is 4.14. The minimum absolute atomic E-state index is 0.208. The molecule has 5 nitrogen and oxygen atoms in total. The van der Waals surface area contributed by atoms with Gasteiger partial charge in [0.05, 0.1) is 5.75 Å². The molecule has 1 saturated carbocycles. The Hall–Kier alpha value is -0.170. The average Bonchev–Trinajstić information content (AvgIpc) is 3.04. The van der Waals surface area contributed by atoms with E-state index in [0.29, 0.717) is 25.6 Å². The van der Waals surface area contributed by atoms with Crippen molar-refractivity contribution < 1.29 is 13.2 Å².